The Morgan fingerprint density at radius 3 is 2.28 bits per heavy atom. The molecule has 148 valence electrons. The number of sulfonamides is 1. The average Bonchev–Trinajstić information content (AvgIpc) is 2.73. The van der Waals surface area contributed by atoms with Crippen LogP contribution in [0.3, 0.4) is 0 Å². The quantitative estimate of drug-likeness (QED) is 0.587. The number of anilines is 1. The van der Waals surface area contributed by atoms with Gasteiger partial charge in [0.2, 0.25) is 15.9 Å². The molecule has 2 aromatic carbocycles. The fraction of sp³-hybridized carbons (Fsp3) is 0.0909. The minimum absolute atomic E-state index is 0.134. The molecule has 1 amide bonds. The second kappa shape index (κ2) is 9.27. The van der Waals surface area contributed by atoms with Gasteiger partial charge in [0.15, 0.2) is 0 Å². The zero-order chi connectivity index (χ0) is 20.7. The van der Waals surface area contributed by atoms with E-state index in [1.807, 2.05) is 31.2 Å². The molecule has 0 saturated heterocycles. The van der Waals surface area contributed by atoms with Gasteiger partial charge < -0.3 is 5.32 Å². The summed E-state index contributed by atoms with van der Waals surface area (Å²) in [6.07, 6.45) is 6.36. The summed E-state index contributed by atoms with van der Waals surface area (Å²) in [5.74, 6) is -0.310. The topological polar surface area (TPSA) is 88.2 Å². The van der Waals surface area contributed by atoms with Gasteiger partial charge in [0.1, 0.15) is 0 Å². The van der Waals surface area contributed by atoms with E-state index in [4.69, 9.17) is 0 Å². The lowest BCUT2D eigenvalue weighted by atomic mass is 10.2. The number of aryl methyl sites for hydroxylation is 1. The van der Waals surface area contributed by atoms with Gasteiger partial charge in [-0.15, -0.1) is 0 Å². The summed E-state index contributed by atoms with van der Waals surface area (Å²) in [7, 11) is -3.64. The number of aromatic nitrogens is 1. The summed E-state index contributed by atoms with van der Waals surface area (Å²) in [4.78, 5) is 16.1. The molecule has 0 atom stereocenters. The Labute approximate surface area is 170 Å². The van der Waals surface area contributed by atoms with Crippen LogP contribution < -0.4 is 10.0 Å². The highest BCUT2D eigenvalue weighted by atomic mass is 32.2. The summed E-state index contributed by atoms with van der Waals surface area (Å²) in [6, 6.07) is 17.2. The van der Waals surface area contributed by atoms with E-state index in [1.165, 1.54) is 18.2 Å². The van der Waals surface area contributed by atoms with Crippen LogP contribution in [0.25, 0.3) is 6.08 Å². The van der Waals surface area contributed by atoms with Crippen molar-refractivity contribution in [3.8, 4) is 0 Å². The number of hydrogen-bond acceptors (Lipinski definition) is 4. The molecule has 29 heavy (non-hydrogen) atoms. The van der Waals surface area contributed by atoms with E-state index >= 15 is 0 Å². The third kappa shape index (κ3) is 6.10. The van der Waals surface area contributed by atoms with Crippen molar-refractivity contribution < 1.29 is 13.2 Å². The van der Waals surface area contributed by atoms with E-state index in [-0.39, 0.29) is 17.3 Å². The van der Waals surface area contributed by atoms with Crippen molar-refractivity contribution in [1.29, 1.82) is 0 Å². The number of carbonyl (C=O) groups is 1. The van der Waals surface area contributed by atoms with Crippen molar-refractivity contribution in [2.75, 3.05) is 5.32 Å². The van der Waals surface area contributed by atoms with Crippen molar-refractivity contribution in [2.24, 2.45) is 0 Å². The van der Waals surface area contributed by atoms with Crippen molar-refractivity contribution in [3.05, 3.63) is 95.8 Å². The van der Waals surface area contributed by atoms with Crippen LogP contribution in [0, 0.1) is 6.92 Å². The first-order valence-corrected chi connectivity index (χ1v) is 10.4. The first-order chi connectivity index (χ1) is 13.9. The van der Waals surface area contributed by atoms with Crippen molar-refractivity contribution in [1.82, 2.24) is 9.71 Å². The molecular weight excluding hydrogens is 386 g/mol. The predicted molar refractivity (Wildman–Crippen MR) is 114 cm³/mol. The number of carbonyl (C=O) groups excluding carboxylic acids is 1. The lowest BCUT2D eigenvalue weighted by Crippen LogP contribution is -2.23. The SMILES string of the molecule is Cc1ccc(CNS(=O)(=O)c2ccc(NC(=O)/C=C/c3ccncc3)cc2)cc1. The second-order valence-corrected chi connectivity index (χ2v) is 8.20. The molecule has 0 aliphatic carbocycles. The predicted octanol–water partition coefficient (Wildman–Crippen LogP) is 3.52. The minimum atomic E-state index is -3.64. The number of rotatable bonds is 7. The molecule has 0 aliphatic heterocycles. The Bertz CT molecular complexity index is 1090. The zero-order valence-electron chi connectivity index (χ0n) is 15.9. The standard InChI is InChI=1S/C22H21N3O3S/c1-17-2-4-19(5-3-17)16-24-29(27,28)21-9-7-20(8-10-21)25-22(26)11-6-18-12-14-23-15-13-18/h2-15,24H,16H2,1H3,(H,25,26)/b11-6+. The highest BCUT2D eigenvalue weighted by Crippen LogP contribution is 2.15. The summed E-state index contributed by atoms with van der Waals surface area (Å²) in [6.45, 7) is 2.18. The van der Waals surface area contributed by atoms with Crippen LogP contribution in [0.1, 0.15) is 16.7 Å². The van der Waals surface area contributed by atoms with Crippen LogP contribution in [0.15, 0.2) is 84.0 Å². The van der Waals surface area contributed by atoms with E-state index in [0.29, 0.717) is 5.69 Å². The molecule has 0 spiro atoms. The van der Waals surface area contributed by atoms with Crippen LogP contribution >= 0.6 is 0 Å². The Balaban J connectivity index is 1.59. The monoisotopic (exact) mass is 407 g/mol. The van der Waals surface area contributed by atoms with E-state index in [9.17, 15) is 13.2 Å². The molecule has 0 aliphatic rings. The van der Waals surface area contributed by atoms with Gasteiger partial charge in [-0.05, 0) is 60.5 Å². The first-order valence-electron chi connectivity index (χ1n) is 8.97. The number of benzene rings is 2. The van der Waals surface area contributed by atoms with Gasteiger partial charge in [0.25, 0.3) is 0 Å². The van der Waals surface area contributed by atoms with Crippen LogP contribution in [0.5, 0.6) is 0 Å². The number of nitrogens with one attached hydrogen (secondary N) is 2. The van der Waals surface area contributed by atoms with Crippen LogP contribution in [0.2, 0.25) is 0 Å². The summed E-state index contributed by atoms with van der Waals surface area (Å²) in [5, 5.41) is 2.70. The third-order valence-electron chi connectivity index (χ3n) is 4.15. The van der Waals surface area contributed by atoms with E-state index in [1.54, 1.807) is 42.7 Å². The third-order valence-corrected chi connectivity index (χ3v) is 5.57. The normalized spacial score (nSPS) is 11.5. The maximum atomic E-state index is 12.5. The van der Waals surface area contributed by atoms with E-state index < -0.39 is 10.0 Å². The Hall–Kier alpha value is -3.29. The second-order valence-electron chi connectivity index (χ2n) is 6.44. The summed E-state index contributed by atoms with van der Waals surface area (Å²) >= 11 is 0. The zero-order valence-corrected chi connectivity index (χ0v) is 16.7. The molecule has 0 radical (unpaired) electrons. The Morgan fingerprint density at radius 1 is 0.966 bits per heavy atom. The maximum absolute atomic E-state index is 12.5. The van der Waals surface area contributed by atoms with Crippen molar-refractivity contribution >= 4 is 27.7 Å². The lowest BCUT2D eigenvalue weighted by molar-refractivity contribution is -0.111. The van der Waals surface area contributed by atoms with Gasteiger partial charge in [-0.1, -0.05) is 29.8 Å². The molecule has 1 heterocycles. The summed E-state index contributed by atoms with van der Waals surface area (Å²) in [5.41, 5.74) is 3.36. The van der Waals surface area contributed by atoms with E-state index in [0.717, 1.165) is 16.7 Å². The molecule has 3 rings (SSSR count). The Morgan fingerprint density at radius 2 is 1.62 bits per heavy atom. The fourth-order valence-corrected chi connectivity index (χ4v) is 3.53. The van der Waals surface area contributed by atoms with Gasteiger partial charge in [0.05, 0.1) is 4.90 Å². The molecular formula is C22H21N3O3S. The molecule has 7 heteroatoms. The molecule has 0 bridgehead atoms. The largest absolute Gasteiger partial charge is 0.323 e. The lowest BCUT2D eigenvalue weighted by Gasteiger charge is -2.08. The van der Waals surface area contributed by atoms with Crippen molar-refractivity contribution in [2.45, 2.75) is 18.4 Å². The van der Waals surface area contributed by atoms with Gasteiger partial charge in [-0.25, -0.2) is 13.1 Å². The molecule has 1 aromatic heterocycles. The summed E-state index contributed by atoms with van der Waals surface area (Å²) < 4.78 is 27.5. The molecule has 2 N–H and O–H groups in total. The van der Waals surface area contributed by atoms with Gasteiger partial charge in [-0.2, -0.15) is 0 Å². The Kier molecular flexibility index (Phi) is 6.54. The number of amides is 1. The molecule has 0 unspecified atom stereocenters. The van der Waals surface area contributed by atoms with Gasteiger partial charge in [0, 0.05) is 30.7 Å². The highest BCUT2D eigenvalue weighted by molar-refractivity contribution is 7.89. The molecule has 3 aromatic rings. The van der Waals surface area contributed by atoms with Crippen LogP contribution in [-0.4, -0.2) is 19.3 Å². The molecule has 0 saturated carbocycles. The highest BCUT2D eigenvalue weighted by Gasteiger charge is 2.13. The van der Waals surface area contributed by atoms with Gasteiger partial charge in [-0.3, -0.25) is 9.78 Å². The van der Waals surface area contributed by atoms with Crippen LogP contribution in [0.4, 0.5) is 5.69 Å². The molecule has 0 fully saturated rings. The number of hydrogen-bond donors (Lipinski definition) is 2. The first kappa shape index (κ1) is 20.4. The van der Waals surface area contributed by atoms with Gasteiger partial charge >= 0.3 is 0 Å². The maximum Gasteiger partial charge on any atom is 0.248 e. The number of nitrogens with zero attached hydrogens (tertiary/aromatic N) is 1. The number of pyridine rings is 1. The van der Waals surface area contributed by atoms with Crippen molar-refractivity contribution in [3.63, 3.8) is 0 Å². The fourth-order valence-electron chi connectivity index (χ4n) is 2.52. The smallest absolute Gasteiger partial charge is 0.248 e. The van der Waals surface area contributed by atoms with Crippen LogP contribution in [-0.2, 0) is 21.4 Å². The van der Waals surface area contributed by atoms with E-state index in [2.05, 4.69) is 15.0 Å². The minimum Gasteiger partial charge on any atom is -0.323 e. The molecule has 6 nitrogen and oxygen atoms in total. The average molecular weight is 407 g/mol.